The maximum Gasteiger partial charge on any atom is -0.0158 e. The Kier molecular flexibility index (Phi) is 11.3. The summed E-state index contributed by atoms with van der Waals surface area (Å²) in [5, 5.41) is 0. The molecule has 0 heteroatoms. The smallest absolute Gasteiger partial charge is 0.0158 e. The van der Waals surface area contributed by atoms with Crippen LogP contribution >= 0.6 is 0 Å². The molecule has 0 saturated carbocycles. The van der Waals surface area contributed by atoms with Crippen LogP contribution in [0.2, 0.25) is 0 Å². The van der Waals surface area contributed by atoms with E-state index in [0.29, 0.717) is 0 Å². The second kappa shape index (κ2) is 12.5. The molecule has 0 spiro atoms. The van der Waals surface area contributed by atoms with Gasteiger partial charge in [0.1, 0.15) is 0 Å². The summed E-state index contributed by atoms with van der Waals surface area (Å²) in [5.74, 6) is 2.46. The van der Waals surface area contributed by atoms with Crippen LogP contribution < -0.4 is 0 Å². The Labute approximate surface area is 94.1 Å². The number of hydrogen-bond donors (Lipinski definition) is 0. The molecule has 0 aliphatic carbocycles. The van der Waals surface area contributed by atoms with Crippen molar-refractivity contribution in [2.24, 2.45) is 0 Å². The molecule has 0 aromatic heterocycles. The average Bonchev–Trinajstić information content (AvgIpc) is 2.26. The predicted molar refractivity (Wildman–Crippen MR) is 69.5 cm³/mol. The van der Waals surface area contributed by atoms with E-state index in [1.165, 1.54) is 0 Å². The van der Waals surface area contributed by atoms with Crippen LogP contribution in [0.4, 0.5) is 0 Å². The monoisotopic (exact) mass is 200 g/mol. The Hall–Kier alpha value is -1.48. The van der Waals surface area contributed by atoms with Crippen molar-refractivity contribution < 1.29 is 0 Å². The lowest BCUT2D eigenvalue weighted by Crippen LogP contribution is -1.62. The minimum atomic E-state index is 0.924. The minimum absolute atomic E-state index is 0.924. The normalized spacial score (nSPS) is 12.3. The Balaban J connectivity index is 3.40. The lowest BCUT2D eigenvalue weighted by Gasteiger charge is -1.83. The lowest BCUT2D eigenvalue weighted by molar-refractivity contribution is 1.19. The van der Waals surface area contributed by atoms with Gasteiger partial charge in [-0.1, -0.05) is 55.4 Å². The van der Waals surface area contributed by atoms with E-state index in [1.54, 1.807) is 6.08 Å². The average molecular weight is 200 g/mol. The van der Waals surface area contributed by atoms with E-state index < -0.39 is 0 Å². The first-order valence-electron chi connectivity index (χ1n) is 5.48. The summed E-state index contributed by atoms with van der Waals surface area (Å²) in [6, 6.07) is 0. The van der Waals surface area contributed by atoms with E-state index in [2.05, 4.69) is 49.3 Å². The number of terminal acetylenes is 1. The van der Waals surface area contributed by atoms with Crippen LogP contribution in [0.25, 0.3) is 0 Å². The van der Waals surface area contributed by atoms with Crippen LogP contribution in [0.3, 0.4) is 0 Å². The van der Waals surface area contributed by atoms with Gasteiger partial charge in [-0.15, -0.1) is 6.42 Å². The van der Waals surface area contributed by atoms with E-state index >= 15 is 0 Å². The second-order valence-electron chi connectivity index (χ2n) is 3.10. The molecule has 0 N–H and O–H groups in total. The molecule has 0 rings (SSSR count). The van der Waals surface area contributed by atoms with Gasteiger partial charge in [-0.2, -0.15) is 0 Å². The molecule has 15 heavy (non-hydrogen) atoms. The standard InChI is InChI=1S/C15H20/c1-3-5-7-9-11-13-15-14-12-10-8-6-4-2/h1,5-8,11-14H,4,9-10,15H2,2H3/b7-5+,8-6+,13-11+,14-12+. The third kappa shape index (κ3) is 12.5. The van der Waals surface area contributed by atoms with E-state index in [0.717, 1.165) is 25.7 Å². The molecule has 0 aromatic carbocycles. The Bertz CT molecular complexity index is 269. The zero-order chi connectivity index (χ0) is 11.2. The Morgan fingerprint density at radius 2 is 1.27 bits per heavy atom. The van der Waals surface area contributed by atoms with Crippen molar-refractivity contribution in [1.29, 1.82) is 0 Å². The Morgan fingerprint density at radius 1 is 0.800 bits per heavy atom. The summed E-state index contributed by atoms with van der Waals surface area (Å²) >= 11 is 0. The Morgan fingerprint density at radius 3 is 1.73 bits per heavy atom. The molecule has 0 unspecified atom stereocenters. The molecule has 0 aliphatic rings. The van der Waals surface area contributed by atoms with Crippen LogP contribution in [0, 0.1) is 12.3 Å². The maximum atomic E-state index is 5.07. The molecule has 0 saturated heterocycles. The summed E-state index contributed by atoms with van der Waals surface area (Å²) in [5.41, 5.74) is 0. The summed E-state index contributed by atoms with van der Waals surface area (Å²) < 4.78 is 0. The van der Waals surface area contributed by atoms with Crippen molar-refractivity contribution in [3.63, 3.8) is 0 Å². The van der Waals surface area contributed by atoms with Crippen LogP contribution in [-0.4, -0.2) is 0 Å². The molecule has 0 bridgehead atoms. The molecule has 0 fully saturated rings. The van der Waals surface area contributed by atoms with Crippen LogP contribution in [0.1, 0.15) is 32.6 Å². The second-order valence-corrected chi connectivity index (χ2v) is 3.10. The van der Waals surface area contributed by atoms with Gasteiger partial charge < -0.3 is 0 Å². The number of rotatable bonds is 7. The quantitative estimate of drug-likeness (QED) is 0.421. The molecular formula is C15H20. The van der Waals surface area contributed by atoms with Gasteiger partial charge in [0.05, 0.1) is 0 Å². The molecule has 0 atom stereocenters. The maximum absolute atomic E-state index is 5.07. The highest BCUT2D eigenvalue weighted by Gasteiger charge is 1.73. The number of allylic oxidation sites excluding steroid dienone is 8. The van der Waals surface area contributed by atoms with Crippen LogP contribution in [0.5, 0.6) is 0 Å². The topological polar surface area (TPSA) is 0 Å². The van der Waals surface area contributed by atoms with Crippen LogP contribution in [-0.2, 0) is 0 Å². The fourth-order valence-electron chi connectivity index (χ4n) is 1.02. The molecule has 0 aliphatic heterocycles. The fourth-order valence-corrected chi connectivity index (χ4v) is 1.02. The minimum Gasteiger partial charge on any atom is -0.115 e. The van der Waals surface area contributed by atoms with Gasteiger partial charge in [-0.3, -0.25) is 0 Å². The van der Waals surface area contributed by atoms with E-state index in [4.69, 9.17) is 6.42 Å². The summed E-state index contributed by atoms with van der Waals surface area (Å²) in [4.78, 5) is 0. The van der Waals surface area contributed by atoms with Crippen molar-refractivity contribution in [2.45, 2.75) is 32.6 Å². The highest BCUT2D eigenvalue weighted by molar-refractivity contribution is 5.10. The molecule has 0 nitrogen and oxygen atoms in total. The molecular weight excluding hydrogens is 180 g/mol. The van der Waals surface area contributed by atoms with Crippen molar-refractivity contribution in [3.05, 3.63) is 48.6 Å². The third-order valence-electron chi connectivity index (χ3n) is 1.77. The SMILES string of the molecule is C#C/C=C/C/C=C/C/C=C/C/C=C/CC. The zero-order valence-corrected chi connectivity index (χ0v) is 9.52. The van der Waals surface area contributed by atoms with E-state index in [-0.39, 0.29) is 0 Å². The van der Waals surface area contributed by atoms with Gasteiger partial charge >= 0.3 is 0 Å². The first-order valence-corrected chi connectivity index (χ1v) is 5.48. The first kappa shape index (κ1) is 13.5. The lowest BCUT2D eigenvalue weighted by atomic mass is 10.2. The summed E-state index contributed by atoms with van der Waals surface area (Å²) in [6.45, 7) is 2.15. The van der Waals surface area contributed by atoms with Gasteiger partial charge in [-0.25, -0.2) is 0 Å². The van der Waals surface area contributed by atoms with Crippen LogP contribution in [0.15, 0.2) is 48.6 Å². The molecule has 0 heterocycles. The van der Waals surface area contributed by atoms with Crippen molar-refractivity contribution in [1.82, 2.24) is 0 Å². The highest BCUT2D eigenvalue weighted by Crippen LogP contribution is 1.93. The summed E-state index contributed by atoms with van der Waals surface area (Å²) in [6.07, 6.45) is 25.9. The molecule has 80 valence electrons. The van der Waals surface area contributed by atoms with Gasteiger partial charge in [0.15, 0.2) is 0 Å². The van der Waals surface area contributed by atoms with Gasteiger partial charge in [0.25, 0.3) is 0 Å². The highest BCUT2D eigenvalue weighted by atomic mass is 13.8. The predicted octanol–water partition coefficient (Wildman–Crippen LogP) is 4.42. The largest absolute Gasteiger partial charge is 0.115 e. The van der Waals surface area contributed by atoms with E-state index in [9.17, 15) is 0 Å². The number of hydrogen-bond acceptors (Lipinski definition) is 0. The first-order chi connectivity index (χ1) is 7.41. The van der Waals surface area contributed by atoms with Crippen molar-refractivity contribution in [3.8, 4) is 12.3 Å². The fraction of sp³-hybridized carbons (Fsp3) is 0.333. The molecule has 0 amide bonds. The van der Waals surface area contributed by atoms with Gasteiger partial charge in [-0.05, 0) is 31.8 Å². The van der Waals surface area contributed by atoms with Crippen molar-refractivity contribution in [2.75, 3.05) is 0 Å². The molecule has 0 radical (unpaired) electrons. The van der Waals surface area contributed by atoms with Crippen molar-refractivity contribution >= 4 is 0 Å². The molecule has 0 aromatic rings. The summed E-state index contributed by atoms with van der Waals surface area (Å²) in [7, 11) is 0. The third-order valence-corrected chi connectivity index (χ3v) is 1.77. The zero-order valence-electron chi connectivity index (χ0n) is 9.52. The van der Waals surface area contributed by atoms with E-state index in [1.807, 2.05) is 6.08 Å². The van der Waals surface area contributed by atoms with Gasteiger partial charge in [0, 0.05) is 0 Å². The van der Waals surface area contributed by atoms with Gasteiger partial charge in [0.2, 0.25) is 0 Å².